The van der Waals surface area contributed by atoms with Crippen molar-refractivity contribution in [1.29, 1.82) is 0 Å². The molecule has 0 aliphatic heterocycles. The van der Waals surface area contributed by atoms with Gasteiger partial charge in [-0.05, 0) is 55.3 Å². The van der Waals surface area contributed by atoms with Gasteiger partial charge < -0.3 is 9.73 Å². The van der Waals surface area contributed by atoms with Gasteiger partial charge >= 0.3 is 5.76 Å². The van der Waals surface area contributed by atoms with E-state index in [0.717, 1.165) is 15.8 Å². The average molecular weight is 341 g/mol. The van der Waals surface area contributed by atoms with Crippen LogP contribution < -0.4 is 11.1 Å². The molecule has 25 heavy (non-hydrogen) atoms. The summed E-state index contributed by atoms with van der Waals surface area (Å²) in [6.45, 7) is 3.52. The summed E-state index contributed by atoms with van der Waals surface area (Å²) in [6.07, 6.45) is 0. The van der Waals surface area contributed by atoms with Crippen LogP contribution in [-0.2, 0) is 11.3 Å². The second-order valence-electron chi connectivity index (χ2n) is 5.70. The lowest BCUT2D eigenvalue weighted by Gasteiger charge is -2.08. The number of carbonyl (C=O) groups is 1. The van der Waals surface area contributed by atoms with Gasteiger partial charge in [-0.25, -0.2) is 9.18 Å². The Morgan fingerprint density at radius 3 is 2.64 bits per heavy atom. The minimum Gasteiger partial charge on any atom is -0.388 e. The van der Waals surface area contributed by atoms with E-state index in [2.05, 4.69) is 10.4 Å². The number of aromatic nitrogens is 2. The van der Waals surface area contributed by atoms with Gasteiger partial charge in [-0.3, -0.25) is 4.79 Å². The summed E-state index contributed by atoms with van der Waals surface area (Å²) in [4.78, 5) is 24.1. The maximum Gasteiger partial charge on any atom is 0.437 e. The molecule has 3 aromatic rings. The van der Waals surface area contributed by atoms with Crippen molar-refractivity contribution in [3.05, 3.63) is 70.0 Å². The lowest BCUT2D eigenvalue weighted by Crippen LogP contribution is -2.26. The number of halogens is 1. The Morgan fingerprint density at radius 2 is 1.92 bits per heavy atom. The first-order valence-electron chi connectivity index (χ1n) is 7.63. The number of rotatable bonds is 4. The Balaban J connectivity index is 1.77. The number of anilines is 1. The zero-order chi connectivity index (χ0) is 18.0. The number of benzene rings is 2. The second-order valence-corrected chi connectivity index (χ2v) is 5.70. The first kappa shape index (κ1) is 16.6. The van der Waals surface area contributed by atoms with Gasteiger partial charge in [0.25, 0.3) is 0 Å². The maximum absolute atomic E-state index is 13.0. The van der Waals surface area contributed by atoms with Crippen LogP contribution in [0.1, 0.15) is 11.1 Å². The number of hydrogen-bond acceptors (Lipinski definition) is 4. The third kappa shape index (κ3) is 3.82. The third-order valence-electron chi connectivity index (χ3n) is 3.66. The van der Waals surface area contributed by atoms with Gasteiger partial charge in [0.1, 0.15) is 12.4 Å². The van der Waals surface area contributed by atoms with E-state index in [1.807, 2.05) is 32.0 Å². The van der Waals surface area contributed by atoms with Crippen LogP contribution in [0, 0.1) is 19.7 Å². The molecule has 0 spiro atoms. The van der Waals surface area contributed by atoms with Crippen LogP contribution in [0.2, 0.25) is 0 Å². The van der Waals surface area contributed by atoms with Crippen LogP contribution in [-0.4, -0.2) is 15.7 Å². The van der Waals surface area contributed by atoms with Crippen molar-refractivity contribution in [3.8, 4) is 11.5 Å². The summed E-state index contributed by atoms with van der Waals surface area (Å²) < 4.78 is 18.9. The highest BCUT2D eigenvalue weighted by Gasteiger charge is 2.14. The molecule has 0 fully saturated rings. The molecule has 3 rings (SSSR count). The number of nitrogens with one attached hydrogen (secondary N) is 1. The average Bonchev–Trinajstić information content (AvgIpc) is 2.92. The van der Waals surface area contributed by atoms with Crippen molar-refractivity contribution in [2.75, 3.05) is 5.32 Å². The fourth-order valence-corrected chi connectivity index (χ4v) is 2.31. The highest BCUT2D eigenvalue weighted by Crippen LogP contribution is 2.17. The van der Waals surface area contributed by atoms with E-state index in [1.165, 1.54) is 24.3 Å². The molecule has 0 saturated heterocycles. The molecule has 1 heterocycles. The smallest absolute Gasteiger partial charge is 0.388 e. The lowest BCUT2D eigenvalue weighted by molar-refractivity contribution is -0.117. The predicted molar refractivity (Wildman–Crippen MR) is 90.7 cm³/mol. The molecule has 0 unspecified atom stereocenters. The summed E-state index contributed by atoms with van der Waals surface area (Å²) in [5.74, 6) is -1.52. The number of aryl methyl sites for hydroxylation is 2. The van der Waals surface area contributed by atoms with Crippen LogP contribution in [0.4, 0.5) is 10.1 Å². The molecule has 1 aromatic heterocycles. The SMILES string of the molecule is Cc1ccc(C)c(NC(=O)Cn2nc(-c3ccc(F)cc3)oc2=O)c1. The van der Waals surface area contributed by atoms with E-state index >= 15 is 0 Å². The summed E-state index contributed by atoms with van der Waals surface area (Å²) in [5, 5.41) is 6.74. The number of amides is 1. The fraction of sp³-hybridized carbons (Fsp3) is 0.167. The van der Waals surface area contributed by atoms with Crippen LogP contribution in [0.15, 0.2) is 51.7 Å². The van der Waals surface area contributed by atoms with Crippen molar-refractivity contribution < 1.29 is 13.6 Å². The molecule has 0 saturated carbocycles. The zero-order valence-electron chi connectivity index (χ0n) is 13.7. The van der Waals surface area contributed by atoms with Gasteiger partial charge in [-0.15, -0.1) is 5.10 Å². The third-order valence-corrected chi connectivity index (χ3v) is 3.66. The van der Waals surface area contributed by atoms with Crippen molar-refractivity contribution in [2.45, 2.75) is 20.4 Å². The summed E-state index contributed by atoms with van der Waals surface area (Å²) >= 11 is 0. The molecule has 0 radical (unpaired) electrons. The monoisotopic (exact) mass is 341 g/mol. The molecule has 0 aliphatic rings. The molecular weight excluding hydrogens is 325 g/mol. The molecule has 2 aromatic carbocycles. The highest BCUT2D eigenvalue weighted by molar-refractivity contribution is 5.91. The van der Waals surface area contributed by atoms with Crippen LogP contribution in [0.3, 0.4) is 0 Å². The van der Waals surface area contributed by atoms with E-state index in [9.17, 15) is 14.0 Å². The van der Waals surface area contributed by atoms with Crippen LogP contribution in [0.25, 0.3) is 11.5 Å². The number of hydrogen-bond donors (Lipinski definition) is 1. The zero-order valence-corrected chi connectivity index (χ0v) is 13.7. The number of carbonyl (C=O) groups excluding carboxylic acids is 1. The highest BCUT2D eigenvalue weighted by atomic mass is 19.1. The Labute approximate surface area is 142 Å². The van der Waals surface area contributed by atoms with E-state index in [4.69, 9.17) is 4.42 Å². The van der Waals surface area contributed by atoms with Gasteiger partial charge in [-0.1, -0.05) is 12.1 Å². The molecule has 0 atom stereocenters. The van der Waals surface area contributed by atoms with Crippen LogP contribution in [0.5, 0.6) is 0 Å². The molecular formula is C18H16FN3O3. The van der Waals surface area contributed by atoms with Gasteiger partial charge in [-0.2, -0.15) is 4.68 Å². The van der Waals surface area contributed by atoms with Crippen LogP contribution >= 0.6 is 0 Å². The first-order chi connectivity index (χ1) is 11.9. The molecule has 1 amide bonds. The largest absolute Gasteiger partial charge is 0.437 e. The normalized spacial score (nSPS) is 10.7. The van der Waals surface area contributed by atoms with Crippen molar-refractivity contribution >= 4 is 11.6 Å². The summed E-state index contributed by atoms with van der Waals surface area (Å²) in [6, 6.07) is 11.1. The maximum atomic E-state index is 13.0. The number of nitrogens with zero attached hydrogens (tertiary/aromatic N) is 2. The Morgan fingerprint density at radius 1 is 1.20 bits per heavy atom. The molecule has 0 aliphatic carbocycles. The van der Waals surface area contributed by atoms with E-state index in [1.54, 1.807) is 0 Å². The van der Waals surface area contributed by atoms with Gasteiger partial charge in [0.05, 0.1) is 0 Å². The Kier molecular flexibility index (Phi) is 4.47. The fourth-order valence-electron chi connectivity index (χ4n) is 2.31. The molecule has 0 bridgehead atoms. The topological polar surface area (TPSA) is 77.1 Å². The Hall–Kier alpha value is -3.22. The van der Waals surface area contributed by atoms with Crippen molar-refractivity contribution in [1.82, 2.24) is 9.78 Å². The van der Waals surface area contributed by atoms with Crippen molar-refractivity contribution in [3.63, 3.8) is 0 Å². The molecule has 7 heteroatoms. The summed E-state index contributed by atoms with van der Waals surface area (Å²) in [7, 11) is 0. The van der Waals surface area contributed by atoms with E-state index in [-0.39, 0.29) is 12.4 Å². The van der Waals surface area contributed by atoms with Gasteiger partial charge in [0.2, 0.25) is 11.8 Å². The molecule has 128 valence electrons. The Bertz CT molecular complexity index is 974. The quantitative estimate of drug-likeness (QED) is 0.791. The lowest BCUT2D eigenvalue weighted by atomic mass is 10.1. The second kappa shape index (κ2) is 6.72. The van der Waals surface area contributed by atoms with Gasteiger partial charge in [0, 0.05) is 11.3 Å². The van der Waals surface area contributed by atoms with E-state index in [0.29, 0.717) is 11.3 Å². The minimum atomic E-state index is -0.754. The first-order valence-corrected chi connectivity index (χ1v) is 7.63. The predicted octanol–water partition coefficient (Wildman–Crippen LogP) is 2.90. The van der Waals surface area contributed by atoms with Gasteiger partial charge in [0.15, 0.2) is 0 Å². The molecule has 1 N–H and O–H groups in total. The molecule has 6 nitrogen and oxygen atoms in total. The minimum absolute atomic E-state index is 0.0320. The standard InChI is InChI=1S/C18H16FN3O3/c1-11-3-4-12(2)15(9-11)20-16(23)10-22-18(24)25-17(21-22)13-5-7-14(19)8-6-13/h3-9H,10H2,1-2H3,(H,20,23). The van der Waals surface area contributed by atoms with E-state index < -0.39 is 17.5 Å². The summed E-state index contributed by atoms with van der Waals surface area (Å²) in [5.41, 5.74) is 3.06. The van der Waals surface area contributed by atoms with Crippen molar-refractivity contribution in [2.24, 2.45) is 0 Å².